The minimum absolute atomic E-state index is 0.0599. The predicted molar refractivity (Wildman–Crippen MR) is 111 cm³/mol. The van der Waals surface area contributed by atoms with Crippen molar-refractivity contribution in [2.45, 2.75) is 36.4 Å². The van der Waals surface area contributed by atoms with Crippen LogP contribution in [0.4, 0.5) is 5.13 Å². The largest absolute Gasteiger partial charge is 0.346 e. The molecule has 152 valence electrons. The number of hydrogen-bond donors (Lipinski definition) is 0. The van der Waals surface area contributed by atoms with E-state index in [0.717, 1.165) is 35.9 Å². The van der Waals surface area contributed by atoms with Crippen molar-refractivity contribution in [2.75, 3.05) is 37.6 Å². The Hall–Kier alpha value is -1.49. The summed E-state index contributed by atoms with van der Waals surface area (Å²) in [5, 5.41) is 2.93. The number of aromatic nitrogens is 1. The molecule has 4 rings (SSSR count). The molecule has 0 saturated carbocycles. The van der Waals surface area contributed by atoms with Crippen LogP contribution in [-0.4, -0.2) is 67.3 Å². The molecule has 2 saturated heterocycles. The molecule has 0 spiro atoms. The van der Waals surface area contributed by atoms with Gasteiger partial charge in [0, 0.05) is 49.2 Å². The van der Waals surface area contributed by atoms with Gasteiger partial charge in [-0.2, -0.15) is 4.31 Å². The Kier molecular flexibility index (Phi) is 5.73. The van der Waals surface area contributed by atoms with Crippen molar-refractivity contribution in [1.82, 2.24) is 14.2 Å². The third-order valence-corrected chi connectivity index (χ3v) is 9.47. The van der Waals surface area contributed by atoms with Crippen LogP contribution in [0.3, 0.4) is 0 Å². The maximum atomic E-state index is 13.2. The van der Waals surface area contributed by atoms with Gasteiger partial charge < -0.3 is 9.80 Å². The van der Waals surface area contributed by atoms with Crippen LogP contribution in [0.15, 0.2) is 27.9 Å². The second kappa shape index (κ2) is 8.10. The molecule has 0 bridgehead atoms. The van der Waals surface area contributed by atoms with E-state index in [0.29, 0.717) is 30.3 Å². The Morgan fingerprint density at radius 2 is 2.00 bits per heavy atom. The topological polar surface area (TPSA) is 73.8 Å². The number of nitrogens with zero attached hydrogens (tertiary/aromatic N) is 4. The first-order valence-corrected chi connectivity index (χ1v) is 12.6. The van der Waals surface area contributed by atoms with Crippen LogP contribution in [0.2, 0.25) is 0 Å². The Bertz CT molecular complexity index is 926. The first kappa shape index (κ1) is 19.8. The highest BCUT2D eigenvalue weighted by Gasteiger charge is 2.41. The fourth-order valence-electron chi connectivity index (χ4n) is 3.85. The second-order valence-corrected chi connectivity index (χ2v) is 11.4. The molecule has 28 heavy (non-hydrogen) atoms. The monoisotopic (exact) mass is 440 g/mol. The quantitative estimate of drug-likeness (QED) is 0.730. The lowest BCUT2D eigenvalue weighted by Gasteiger charge is -2.29. The number of rotatable bonds is 4. The molecule has 2 aliphatic rings. The van der Waals surface area contributed by atoms with Gasteiger partial charge in [0.1, 0.15) is 10.3 Å². The third-order valence-electron chi connectivity index (χ3n) is 5.26. The summed E-state index contributed by atoms with van der Waals surface area (Å²) in [6, 6.07) is 2.87. The normalized spacial score (nSPS) is 21.8. The first-order chi connectivity index (χ1) is 13.5. The Labute approximate surface area is 173 Å². The molecule has 0 radical (unpaired) electrons. The highest BCUT2D eigenvalue weighted by molar-refractivity contribution is 7.91. The van der Waals surface area contributed by atoms with E-state index in [4.69, 9.17) is 0 Å². The lowest BCUT2D eigenvalue weighted by atomic mass is 10.2. The van der Waals surface area contributed by atoms with Gasteiger partial charge >= 0.3 is 0 Å². The Balaban J connectivity index is 1.48. The molecule has 7 nitrogen and oxygen atoms in total. The van der Waals surface area contributed by atoms with Crippen LogP contribution < -0.4 is 4.90 Å². The van der Waals surface area contributed by atoms with Crippen molar-refractivity contribution in [3.05, 3.63) is 28.6 Å². The van der Waals surface area contributed by atoms with E-state index in [1.807, 2.05) is 23.3 Å². The number of sulfonamides is 1. The van der Waals surface area contributed by atoms with Gasteiger partial charge in [-0.05, 0) is 38.3 Å². The summed E-state index contributed by atoms with van der Waals surface area (Å²) in [6.45, 7) is 5.14. The van der Waals surface area contributed by atoms with E-state index in [-0.39, 0.29) is 5.91 Å². The number of amides is 1. The predicted octanol–water partition coefficient (Wildman–Crippen LogP) is 2.41. The van der Waals surface area contributed by atoms with Crippen molar-refractivity contribution in [1.29, 1.82) is 0 Å². The van der Waals surface area contributed by atoms with Crippen molar-refractivity contribution in [2.24, 2.45) is 0 Å². The highest BCUT2D eigenvalue weighted by atomic mass is 32.2. The lowest BCUT2D eigenvalue weighted by molar-refractivity contribution is -0.134. The fraction of sp³-hybridized carbons (Fsp3) is 0.556. The van der Waals surface area contributed by atoms with E-state index >= 15 is 0 Å². The molecule has 0 aliphatic carbocycles. The molecular weight excluding hydrogens is 416 g/mol. The minimum Gasteiger partial charge on any atom is -0.346 e. The zero-order chi connectivity index (χ0) is 19.7. The van der Waals surface area contributed by atoms with E-state index in [1.54, 1.807) is 23.6 Å². The van der Waals surface area contributed by atoms with Crippen LogP contribution in [-0.2, 0) is 14.8 Å². The van der Waals surface area contributed by atoms with E-state index in [1.165, 1.54) is 15.6 Å². The van der Waals surface area contributed by atoms with Crippen LogP contribution in [0, 0.1) is 6.92 Å². The molecule has 1 unspecified atom stereocenters. The summed E-state index contributed by atoms with van der Waals surface area (Å²) in [7, 11) is -3.62. The highest BCUT2D eigenvalue weighted by Crippen LogP contribution is 2.31. The maximum absolute atomic E-state index is 13.2. The van der Waals surface area contributed by atoms with Gasteiger partial charge in [0.25, 0.3) is 10.0 Å². The molecule has 2 aromatic rings. The SMILES string of the molecule is Cc1ccc(S(=O)(=O)N2CCCC2C(=O)N2CCCN(c3nccs3)CC2)s1. The van der Waals surface area contributed by atoms with Crippen molar-refractivity contribution in [3.8, 4) is 0 Å². The molecule has 2 aromatic heterocycles. The van der Waals surface area contributed by atoms with Gasteiger partial charge in [-0.1, -0.05) is 0 Å². The van der Waals surface area contributed by atoms with Crippen LogP contribution in [0.5, 0.6) is 0 Å². The fourth-order valence-corrected chi connectivity index (χ4v) is 7.61. The van der Waals surface area contributed by atoms with Crippen LogP contribution in [0.25, 0.3) is 0 Å². The molecular formula is C18H24N4O3S3. The van der Waals surface area contributed by atoms with Gasteiger partial charge in [-0.25, -0.2) is 13.4 Å². The number of thiophene rings is 1. The van der Waals surface area contributed by atoms with E-state index < -0.39 is 16.1 Å². The summed E-state index contributed by atoms with van der Waals surface area (Å²) in [4.78, 5) is 22.6. The zero-order valence-electron chi connectivity index (χ0n) is 15.8. The molecule has 4 heterocycles. The summed E-state index contributed by atoms with van der Waals surface area (Å²) >= 11 is 2.87. The molecule has 0 aromatic carbocycles. The van der Waals surface area contributed by atoms with Crippen molar-refractivity contribution in [3.63, 3.8) is 0 Å². The van der Waals surface area contributed by atoms with Crippen molar-refractivity contribution < 1.29 is 13.2 Å². The Morgan fingerprint density at radius 3 is 2.71 bits per heavy atom. The average Bonchev–Trinajstić information content (AvgIpc) is 3.41. The number of hydrogen-bond acceptors (Lipinski definition) is 7. The van der Waals surface area contributed by atoms with Gasteiger partial charge in [0.15, 0.2) is 5.13 Å². The molecule has 1 amide bonds. The Morgan fingerprint density at radius 1 is 1.14 bits per heavy atom. The van der Waals surface area contributed by atoms with Crippen LogP contribution >= 0.6 is 22.7 Å². The average molecular weight is 441 g/mol. The molecule has 1 atom stereocenters. The van der Waals surface area contributed by atoms with E-state index in [2.05, 4.69) is 9.88 Å². The lowest BCUT2D eigenvalue weighted by Crippen LogP contribution is -2.48. The number of anilines is 1. The summed E-state index contributed by atoms with van der Waals surface area (Å²) in [6.07, 6.45) is 3.96. The minimum atomic E-state index is -3.62. The molecule has 2 fully saturated rings. The van der Waals surface area contributed by atoms with Gasteiger partial charge in [0.2, 0.25) is 5.91 Å². The van der Waals surface area contributed by atoms with Gasteiger partial charge in [-0.15, -0.1) is 22.7 Å². The standard InChI is InChI=1S/C18H24N4O3S3/c1-14-5-6-16(27-14)28(24,25)22-10-2-4-15(22)17(23)20-8-3-9-21(12-11-20)18-19-7-13-26-18/h5-7,13,15H,2-4,8-12H2,1H3. The summed E-state index contributed by atoms with van der Waals surface area (Å²) in [5.41, 5.74) is 0. The van der Waals surface area contributed by atoms with Gasteiger partial charge in [-0.3, -0.25) is 4.79 Å². The smallest absolute Gasteiger partial charge is 0.253 e. The number of carbonyl (C=O) groups excluding carboxylic acids is 1. The van der Waals surface area contributed by atoms with Crippen molar-refractivity contribution >= 4 is 43.7 Å². The first-order valence-electron chi connectivity index (χ1n) is 9.48. The summed E-state index contributed by atoms with van der Waals surface area (Å²) in [5.74, 6) is -0.0599. The third kappa shape index (κ3) is 3.83. The molecule has 2 aliphatic heterocycles. The van der Waals surface area contributed by atoms with Gasteiger partial charge in [0.05, 0.1) is 0 Å². The second-order valence-electron chi connectivity index (χ2n) is 7.12. The van der Waals surface area contributed by atoms with E-state index in [9.17, 15) is 13.2 Å². The number of carbonyl (C=O) groups is 1. The molecule has 0 N–H and O–H groups in total. The molecule has 10 heteroatoms. The maximum Gasteiger partial charge on any atom is 0.253 e. The van der Waals surface area contributed by atoms with Crippen LogP contribution in [0.1, 0.15) is 24.1 Å². The summed E-state index contributed by atoms with van der Waals surface area (Å²) < 4.78 is 27.9. The number of thiazole rings is 1. The number of aryl methyl sites for hydroxylation is 1. The zero-order valence-corrected chi connectivity index (χ0v) is 18.2.